The van der Waals surface area contributed by atoms with Crippen molar-refractivity contribution in [1.82, 2.24) is 10.3 Å². The van der Waals surface area contributed by atoms with Gasteiger partial charge in [-0.25, -0.2) is 9.37 Å². The lowest BCUT2D eigenvalue weighted by Gasteiger charge is -2.02. The molecule has 1 aromatic carbocycles. The number of nitrogens with zero attached hydrogens (tertiary/aromatic N) is 1. The largest absolute Gasteiger partial charge is 0.484 e. The van der Waals surface area contributed by atoms with Crippen molar-refractivity contribution in [2.45, 2.75) is 6.61 Å². The zero-order chi connectivity index (χ0) is 14.4. The summed E-state index contributed by atoms with van der Waals surface area (Å²) in [5.74, 6) is 0.0664. The number of nitrogens with one attached hydrogen (secondary N) is 1. The summed E-state index contributed by atoms with van der Waals surface area (Å²) < 4.78 is 23.2. The standard InChI is InChI=1S/C14H13FN2O3/c1-2-7-16-14(18)12-8-20-13(17-12)9-19-11-5-3-10(15)4-6-11/h2-6,8H,1,7,9H2,(H,16,18). The normalized spacial score (nSPS) is 10.1. The summed E-state index contributed by atoms with van der Waals surface area (Å²) >= 11 is 0. The fraction of sp³-hybridized carbons (Fsp3) is 0.143. The van der Waals surface area contributed by atoms with Crippen LogP contribution < -0.4 is 10.1 Å². The molecule has 20 heavy (non-hydrogen) atoms. The Balaban J connectivity index is 1.91. The summed E-state index contributed by atoms with van der Waals surface area (Å²) in [7, 11) is 0. The average Bonchev–Trinajstić information content (AvgIpc) is 2.93. The highest BCUT2D eigenvalue weighted by Gasteiger charge is 2.11. The molecule has 0 bridgehead atoms. The Morgan fingerprint density at radius 1 is 1.45 bits per heavy atom. The molecule has 2 aromatic rings. The predicted molar refractivity (Wildman–Crippen MR) is 69.8 cm³/mol. The second kappa shape index (κ2) is 6.51. The SMILES string of the molecule is C=CCNC(=O)c1coc(COc2ccc(F)cc2)n1. The highest BCUT2D eigenvalue weighted by Crippen LogP contribution is 2.13. The molecule has 1 aromatic heterocycles. The molecule has 6 heteroatoms. The van der Waals surface area contributed by atoms with Gasteiger partial charge in [-0.05, 0) is 24.3 Å². The number of halogens is 1. The maximum atomic E-state index is 12.7. The molecule has 1 N–H and O–H groups in total. The van der Waals surface area contributed by atoms with Crippen molar-refractivity contribution in [3.05, 3.63) is 60.6 Å². The lowest BCUT2D eigenvalue weighted by molar-refractivity contribution is 0.0953. The molecule has 0 aliphatic carbocycles. The molecule has 0 aliphatic heterocycles. The third-order valence-electron chi connectivity index (χ3n) is 2.37. The van der Waals surface area contributed by atoms with Gasteiger partial charge < -0.3 is 14.5 Å². The van der Waals surface area contributed by atoms with Gasteiger partial charge in [0.2, 0.25) is 5.89 Å². The summed E-state index contributed by atoms with van der Waals surface area (Å²) in [5, 5.41) is 2.58. The molecule has 0 unspecified atom stereocenters. The third-order valence-corrected chi connectivity index (χ3v) is 2.37. The molecule has 0 fully saturated rings. The number of amides is 1. The molecule has 0 radical (unpaired) electrons. The van der Waals surface area contributed by atoms with E-state index in [-0.39, 0.29) is 29.9 Å². The van der Waals surface area contributed by atoms with E-state index in [2.05, 4.69) is 16.9 Å². The van der Waals surface area contributed by atoms with Crippen molar-refractivity contribution in [3.8, 4) is 5.75 Å². The highest BCUT2D eigenvalue weighted by molar-refractivity contribution is 5.91. The van der Waals surface area contributed by atoms with E-state index in [0.29, 0.717) is 12.3 Å². The minimum atomic E-state index is -0.346. The van der Waals surface area contributed by atoms with Gasteiger partial charge in [-0.1, -0.05) is 6.08 Å². The minimum Gasteiger partial charge on any atom is -0.484 e. The van der Waals surface area contributed by atoms with E-state index in [1.807, 2.05) is 0 Å². The second-order valence-corrected chi connectivity index (χ2v) is 3.87. The van der Waals surface area contributed by atoms with Crippen molar-refractivity contribution in [3.63, 3.8) is 0 Å². The number of carbonyl (C=O) groups excluding carboxylic acids is 1. The molecule has 0 spiro atoms. The van der Waals surface area contributed by atoms with Crippen LogP contribution in [0.2, 0.25) is 0 Å². The van der Waals surface area contributed by atoms with Gasteiger partial charge in [-0.2, -0.15) is 0 Å². The number of oxazole rings is 1. The molecule has 5 nitrogen and oxygen atoms in total. The first-order valence-corrected chi connectivity index (χ1v) is 5.91. The van der Waals surface area contributed by atoms with Crippen molar-refractivity contribution in [2.24, 2.45) is 0 Å². The van der Waals surface area contributed by atoms with E-state index in [1.165, 1.54) is 30.5 Å². The van der Waals surface area contributed by atoms with Gasteiger partial charge in [0, 0.05) is 6.54 Å². The van der Waals surface area contributed by atoms with Gasteiger partial charge >= 0.3 is 0 Å². The Bertz CT molecular complexity index is 593. The van der Waals surface area contributed by atoms with E-state index in [0.717, 1.165) is 0 Å². The molecule has 2 rings (SSSR count). The van der Waals surface area contributed by atoms with Crippen molar-refractivity contribution >= 4 is 5.91 Å². The van der Waals surface area contributed by atoms with Crippen LogP contribution in [0.25, 0.3) is 0 Å². The van der Waals surface area contributed by atoms with Crippen LogP contribution in [-0.4, -0.2) is 17.4 Å². The van der Waals surface area contributed by atoms with Crippen molar-refractivity contribution in [2.75, 3.05) is 6.54 Å². The van der Waals surface area contributed by atoms with Gasteiger partial charge in [-0.3, -0.25) is 4.79 Å². The van der Waals surface area contributed by atoms with E-state index in [9.17, 15) is 9.18 Å². The summed E-state index contributed by atoms with van der Waals surface area (Å²) in [5.41, 5.74) is 0.171. The third kappa shape index (κ3) is 3.68. The first-order valence-electron chi connectivity index (χ1n) is 5.91. The first-order chi connectivity index (χ1) is 9.69. The second-order valence-electron chi connectivity index (χ2n) is 3.87. The molecule has 0 atom stereocenters. The van der Waals surface area contributed by atoms with Crippen LogP contribution in [0.15, 0.2) is 47.6 Å². The molecular formula is C14H13FN2O3. The topological polar surface area (TPSA) is 64.4 Å². The lowest BCUT2D eigenvalue weighted by Crippen LogP contribution is -2.23. The Labute approximate surface area is 115 Å². The Kier molecular flexibility index (Phi) is 4.49. The fourth-order valence-corrected chi connectivity index (χ4v) is 1.41. The van der Waals surface area contributed by atoms with Gasteiger partial charge in [-0.15, -0.1) is 6.58 Å². The van der Waals surface area contributed by atoms with E-state index >= 15 is 0 Å². The summed E-state index contributed by atoms with van der Waals surface area (Å²) in [6, 6.07) is 5.57. The predicted octanol–water partition coefficient (Wildman–Crippen LogP) is 2.31. The average molecular weight is 276 g/mol. The van der Waals surface area contributed by atoms with Gasteiger partial charge in [0.25, 0.3) is 5.91 Å². The Hall–Kier alpha value is -2.63. The minimum absolute atomic E-state index is 0.0559. The molecule has 0 saturated carbocycles. The smallest absolute Gasteiger partial charge is 0.273 e. The van der Waals surface area contributed by atoms with Gasteiger partial charge in [0.1, 0.15) is 17.8 Å². The van der Waals surface area contributed by atoms with Crippen LogP contribution in [0.3, 0.4) is 0 Å². The number of hydrogen-bond donors (Lipinski definition) is 1. The zero-order valence-corrected chi connectivity index (χ0v) is 10.6. The summed E-state index contributed by atoms with van der Waals surface area (Å²) in [4.78, 5) is 15.5. The maximum absolute atomic E-state index is 12.7. The monoisotopic (exact) mass is 276 g/mol. The molecule has 0 aliphatic rings. The van der Waals surface area contributed by atoms with E-state index in [1.54, 1.807) is 6.08 Å². The number of ether oxygens (including phenoxy) is 1. The summed E-state index contributed by atoms with van der Waals surface area (Å²) in [6.07, 6.45) is 2.82. The highest BCUT2D eigenvalue weighted by atomic mass is 19.1. The van der Waals surface area contributed by atoms with E-state index < -0.39 is 0 Å². The Morgan fingerprint density at radius 2 is 2.20 bits per heavy atom. The first kappa shape index (κ1) is 13.8. The number of rotatable bonds is 6. The Morgan fingerprint density at radius 3 is 2.90 bits per heavy atom. The van der Waals surface area contributed by atoms with Gasteiger partial charge in [0.05, 0.1) is 0 Å². The number of benzene rings is 1. The maximum Gasteiger partial charge on any atom is 0.273 e. The number of hydrogen-bond acceptors (Lipinski definition) is 4. The van der Waals surface area contributed by atoms with Crippen LogP contribution >= 0.6 is 0 Å². The lowest BCUT2D eigenvalue weighted by atomic mass is 10.3. The van der Waals surface area contributed by atoms with Crippen molar-refractivity contribution < 1.29 is 18.3 Å². The molecule has 104 valence electrons. The molecule has 0 saturated heterocycles. The summed E-state index contributed by atoms with van der Waals surface area (Å²) in [6.45, 7) is 3.91. The fourth-order valence-electron chi connectivity index (χ4n) is 1.41. The quantitative estimate of drug-likeness (QED) is 0.822. The molecular weight excluding hydrogens is 263 g/mol. The van der Waals surface area contributed by atoms with Crippen molar-refractivity contribution in [1.29, 1.82) is 0 Å². The molecule has 1 heterocycles. The number of carbonyl (C=O) groups is 1. The van der Waals surface area contributed by atoms with E-state index in [4.69, 9.17) is 9.15 Å². The zero-order valence-electron chi connectivity index (χ0n) is 10.6. The van der Waals surface area contributed by atoms with Crippen LogP contribution in [0.4, 0.5) is 4.39 Å². The molecule has 1 amide bonds. The van der Waals surface area contributed by atoms with Crippen LogP contribution in [0.1, 0.15) is 16.4 Å². The number of aromatic nitrogens is 1. The van der Waals surface area contributed by atoms with Crippen LogP contribution in [0.5, 0.6) is 5.75 Å². The van der Waals surface area contributed by atoms with Crippen LogP contribution in [0, 0.1) is 5.82 Å². The van der Waals surface area contributed by atoms with Gasteiger partial charge in [0.15, 0.2) is 12.3 Å². The van der Waals surface area contributed by atoms with Crippen LogP contribution in [-0.2, 0) is 6.61 Å².